The van der Waals surface area contributed by atoms with E-state index in [1.165, 1.54) is 0 Å². The molecule has 0 fully saturated rings. The van der Waals surface area contributed by atoms with Crippen LogP contribution in [0.1, 0.15) is 31.1 Å². The van der Waals surface area contributed by atoms with Crippen LogP contribution in [0.3, 0.4) is 0 Å². The molecule has 0 saturated carbocycles. The Balaban J connectivity index is 0.00000169. The van der Waals surface area contributed by atoms with Crippen LogP contribution < -0.4 is 11.5 Å². The Kier molecular flexibility index (Phi) is 7.01. The van der Waals surface area contributed by atoms with Gasteiger partial charge in [-0.1, -0.05) is 6.42 Å². The molecule has 1 heterocycles. The second-order valence-electron chi connectivity index (χ2n) is 3.03. The van der Waals surface area contributed by atoms with E-state index < -0.39 is 0 Å². The lowest BCUT2D eigenvalue weighted by molar-refractivity contribution is 0.444. The maximum Gasteiger partial charge on any atom is 0.193 e. The average molecular weight is 239 g/mol. The zero-order chi connectivity index (χ0) is 9.68. The molecule has 0 aliphatic heterocycles. The molecule has 0 radical (unpaired) electrons. The Hall–Kier alpha value is -0.220. The van der Waals surface area contributed by atoms with Gasteiger partial charge in [-0.2, -0.15) is 0 Å². The molecular weight excluding hydrogens is 223 g/mol. The number of hydrogen-bond acceptors (Lipinski definition) is 3. The molecule has 0 aromatic carbocycles. The molecule has 1 rings (SSSR count). The standard InChI is InChI=1S/C9H15ClN2O.ClH/c10-9-5-4-8(13-9)7(12)3-1-2-6-11;/h4-5,7H,1-3,6,11-12H2;1H/t7-;/m0./s1. The lowest BCUT2D eigenvalue weighted by Crippen LogP contribution is -2.10. The van der Waals surface area contributed by atoms with Crippen molar-refractivity contribution >= 4 is 24.0 Å². The number of unbranched alkanes of at least 4 members (excludes halogenated alkanes) is 1. The van der Waals surface area contributed by atoms with Crippen LogP contribution in [0.2, 0.25) is 5.22 Å². The van der Waals surface area contributed by atoms with Crippen LogP contribution in [0, 0.1) is 0 Å². The summed E-state index contributed by atoms with van der Waals surface area (Å²) < 4.78 is 5.19. The van der Waals surface area contributed by atoms with Crippen molar-refractivity contribution in [3.63, 3.8) is 0 Å². The maximum atomic E-state index is 5.86. The third-order valence-electron chi connectivity index (χ3n) is 1.93. The predicted octanol–water partition coefficient (Wildman–Crippen LogP) is 2.48. The van der Waals surface area contributed by atoms with E-state index in [4.69, 9.17) is 27.5 Å². The zero-order valence-corrected chi connectivity index (χ0v) is 9.48. The monoisotopic (exact) mass is 238 g/mol. The molecule has 82 valence electrons. The highest BCUT2D eigenvalue weighted by molar-refractivity contribution is 6.28. The van der Waals surface area contributed by atoms with Gasteiger partial charge in [-0.05, 0) is 43.1 Å². The first-order valence-electron chi connectivity index (χ1n) is 4.45. The molecule has 5 heteroatoms. The van der Waals surface area contributed by atoms with Crippen molar-refractivity contribution in [1.29, 1.82) is 0 Å². The van der Waals surface area contributed by atoms with Gasteiger partial charge < -0.3 is 15.9 Å². The van der Waals surface area contributed by atoms with E-state index in [9.17, 15) is 0 Å². The van der Waals surface area contributed by atoms with Crippen LogP contribution in [0.15, 0.2) is 16.5 Å². The van der Waals surface area contributed by atoms with Crippen molar-refractivity contribution in [1.82, 2.24) is 0 Å². The number of hydrogen-bond donors (Lipinski definition) is 2. The quantitative estimate of drug-likeness (QED) is 0.776. The van der Waals surface area contributed by atoms with Gasteiger partial charge in [0.15, 0.2) is 5.22 Å². The first-order valence-corrected chi connectivity index (χ1v) is 4.82. The van der Waals surface area contributed by atoms with E-state index in [0.717, 1.165) is 25.0 Å². The molecule has 0 unspecified atom stereocenters. The number of nitrogens with two attached hydrogens (primary N) is 2. The fraction of sp³-hybridized carbons (Fsp3) is 0.556. The molecule has 14 heavy (non-hydrogen) atoms. The van der Waals surface area contributed by atoms with Crippen molar-refractivity contribution in [2.24, 2.45) is 11.5 Å². The van der Waals surface area contributed by atoms with E-state index in [1.54, 1.807) is 6.07 Å². The summed E-state index contributed by atoms with van der Waals surface area (Å²) in [7, 11) is 0. The van der Waals surface area contributed by atoms with Crippen molar-refractivity contribution in [3.8, 4) is 0 Å². The number of furan rings is 1. The summed E-state index contributed by atoms with van der Waals surface area (Å²) in [5, 5.41) is 0.393. The van der Waals surface area contributed by atoms with Gasteiger partial charge in [-0.3, -0.25) is 0 Å². The van der Waals surface area contributed by atoms with Crippen LogP contribution in [-0.2, 0) is 0 Å². The van der Waals surface area contributed by atoms with Gasteiger partial charge >= 0.3 is 0 Å². The maximum absolute atomic E-state index is 5.86. The Morgan fingerprint density at radius 1 is 1.36 bits per heavy atom. The summed E-state index contributed by atoms with van der Waals surface area (Å²) >= 11 is 5.62. The topological polar surface area (TPSA) is 65.2 Å². The van der Waals surface area contributed by atoms with Crippen LogP contribution in [0.25, 0.3) is 0 Å². The van der Waals surface area contributed by atoms with Gasteiger partial charge in [0.05, 0.1) is 6.04 Å². The molecule has 0 amide bonds. The van der Waals surface area contributed by atoms with Crippen LogP contribution in [0.5, 0.6) is 0 Å². The van der Waals surface area contributed by atoms with Crippen molar-refractivity contribution in [3.05, 3.63) is 23.1 Å². The van der Waals surface area contributed by atoms with Crippen LogP contribution in [0.4, 0.5) is 0 Å². The Bertz CT molecular complexity index is 253. The van der Waals surface area contributed by atoms with Crippen LogP contribution >= 0.6 is 24.0 Å². The first kappa shape index (κ1) is 13.8. The minimum Gasteiger partial charge on any atom is -0.448 e. The SMILES string of the molecule is Cl.NCCCC[C@H](N)c1ccc(Cl)o1. The largest absolute Gasteiger partial charge is 0.448 e. The lowest BCUT2D eigenvalue weighted by atomic mass is 10.1. The molecule has 1 atom stereocenters. The molecule has 3 nitrogen and oxygen atoms in total. The lowest BCUT2D eigenvalue weighted by Gasteiger charge is -2.07. The highest BCUT2D eigenvalue weighted by Gasteiger charge is 2.09. The average Bonchev–Trinajstić information content (AvgIpc) is 2.52. The van der Waals surface area contributed by atoms with Gasteiger partial charge in [0.1, 0.15) is 5.76 Å². The molecule has 0 aliphatic rings. The molecule has 0 spiro atoms. The van der Waals surface area contributed by atoms with E-state index in [1.807, 2.05) is 6.07 Å². The summed E-state index contributed by atoms with van der Waals surface area (Å²) in [6, 6.07) is 3.47. The predicted molar refractivity (Wildman–Crippen MR) is 60.8 cm³/mol. The third-order valence-corrected chi connectivity index (χ3v) is 2.13. The molecule has 0 aliphatic carbocycles. The fourth-order valence-electron chi connectivity index (χ4n) is 1.18. The van der Waals surface area contributed by atoms with Gasteiger partial charge in [0, 0.05) is 0 Å². The van der Waals surface area contributed by atoms with Crippen LogP contribution in [-0.4, -0.2) is 6.54 Å². The Labute approximate surface area is 95.2 Å². The molecule has 0 saturated heterocycles. The second kappa shape index (κ2) is 7.12. The molecule has 0 bridgehead atoms. The van der Waals surface area contributed by atoms with E-state index in [-0.39, 0.29) is 18.4 Å². The summed E-state index contributed by atoms with van der Waals surface area (Å²) in [4.78, 5) is 0. The minimum absolute atomic E-state index is 0. The molecule has 1 aromatic heterocycles. The van der Waals surface area contributed by atoms with Gasteiger partial charge in [0.2, 0.25) is 0 Å². The second-order valence-corrected chi connectivity index (χ2v) is 3.41. The highest BCUT2D eigenvalue weighted by atomic mass is 35.5. The Morgan fingerprint density at radius 2 is 2.07 bits per heavy atom. The van der Waals surface area contributed by atoms with Crippen molar-refractivity contribution in [2.45, 2.75) is 25.3 Å². The van der Waals surface area contributed by atoms with E-state index in [0.29, 0.717) is 11.8 Å². The normalized spacial score (nSPS) is 12.2. The Morgan fingerprint density at radius 3 is 2.57 bits per heavy atom. The number of rotatable bonds is 5. The molecule has 4 N–H and O–H groups in total. The molecule has 1 aromatic rings. The summed E-state index contributed by atoms with van der Waals surface area (Å²) in [5.41, 5.74) is 11.2. The molecular formula is C9H16Cl2N2O. The van der Waals surface area contributed by atoms with Crippen molar-refractivity contribution in [2.75, 3.05) is 6.54 Å². The summed E-state index contributed by atoms with van der Waals surface area (Å²) in [6.45, 7) is 0.714. The highest BCUT2D eigenvalue weighted by Crippen LogP contribution is 2.21. The van der Waals surface area contributed by atoms with Gasteiger partial charge in [-0.15, -0.1) is 12.4 Å². The van der Waals surface area contributed by atoms with Gasteiger partial charge in [0.25, 0.3) is 0 Å². The van der Waals surface area contributed by atoms with E-state index >= 15 is 0 Å². The zero-order valence-electron chi connectivity index (χ0n) is 7.91. The van der Waals surface area contributed by atoms with Crippen molar-refractivity contribution < 1.29 is 4.42 Å². The first-order chi connectivity index (χ1) is 6.24. The summed E-state index contributed by atoms with van der Waals surface area (Å²) in [5.74, 6) is 0.752. The fourth-order valence-corrected chi connectivity index (χ4v) is 1.33. The third kappa shape index (κ3) is 4.33. The minimum atomic E-state index is -0.0564. The number of halogens is 2. The van der Waals surface area contributed by atoms with Gasteiger partial charge in [-0.25, -0.2) is 0 Å². The smallest absolute Gasteiger partial charge is 0.193 e. The van der Waals surface area contributed by atoms with E-state index in [2.05, 4.69) is 0 Å². The summed E-state index contributed by atoms with van der Waals surface area (Å²) in [6.07, 6.45) is 2.92.